The fourth-order valence-electron chi connectivity index (χ4n) is 2.83. The number of nitro benzene ring substituents is 1. The Bertz CT molecular complexity index is 1290. The Balaban J connectivity index is 1.59. The van der Waals surface area contributed by atoms with Crippen LogP contribution >= 0.6 is 11.3 Å². The van der Waals surface area contributed by atoms with E-state index in [9.17, 15) is 14.9 Å². The van der Waals surface area contributed by atoms with Gasteiger partial charge in [-0.25, -0.2) is 0 Å². The van der Waals surface area contributed by atoms with Crippen molar-refractivity contribution in [3.63, 3.8) is 0 Å². The zero-order valence-corrected chi connectivity index (χ0v) is 17.0. The highest BCUT2D eigenvalue weighted by molar-refractivity contribution is 7.15. The summed E-state index contributed by atoms with van der Waals surface area (Å²) in [5.74, 6) is 1.26. The molecule has 0 radical (unpaired) electrons. The van der Waals surface area contributed by atoms with E-state index in [0.717, 1.165) is 24.2 Å². The van der Waals surface area contributed by atoms with Gasteiger partial charge >= 0.3 is 0 Å². The van der Waals surface area contributed by atoms with Crippen LogP contribution in [0.4, 0.5) is 5.69 Å². The number of ether oxygens (including phenoxy) is 1. The minimum atomic E-state index is -0.461. The summed E-state index contributed by atoms with van der Waals surface area (Å²) < 4.78 is 7.40. The van der Waals surface area contributed by atoms with Gasteiger partial charge in [-0.3, -0.25) is 14.9 Å². The molecule has 152 valence electrons. The lowest BCUT2D eigenvalue weighted by molar-refractivity contribution is -0.384. The molecule has 2 aromatic heterocycles. The molecule has 2 aromatic carbocycles. The number of fused-ring (bicyclic) bond motifs is 1. The van der Waals surface area contributed by atoms with Crippen LogP contribution in [0.25, 0.3) is 22.4 Å². The Labute approximate surface area is 175 Å². The van der Waals surface area contributed by atoms with Crippen LogP contribution < -0.4 is 14.8 Å². The van der Waals surface area contributed by atoms with Crippen LogP contribution in [0.3, 0.4) is 0 Å². The molecule has 2 heterocycles. The predicted molar refractivity (Wildman–Crippen MR) is 115 cm³/mol. The summed E-state index contributed by atoms with van der Waals surface area (Å²) in [5.41, 5.74) is 1.23. The van der Waals surface area contributed by atoms with Crippen molar-refractivity contribution < 1.29 is 9.66 Å². The third kappa shape index (κ3) is 4.06. The molecule has 0 atom stereocenters. The van der Waals surface area contributed by atoms with E-state index < -0.39 is 4.92 Å². The molecule has 0 spiro atoms. The molecule has 0 unspecified atom stereocenters. The van der Waals surface area contributed by atoms with Gasteiger partial charge in [0.05, 0.1) is 16.1 Å². The molecule has 0 fully saturated rings. The summed E-state index contributed by atoms with van der Waals surface area (Å²) in [4.78, 5) is 27.9. The van der Waals surface area contributed by atoms with E-state index in [0.29, 0.717) is 27.5 Å². The highest BCUT2D eigenvalue weighted by atomic mass is 32.1. The fraction of sp³-hybridized carbons (Fsp3) is 0.190. The van der Waals surface area contributed by atoms with Gasteiger partial charge in [-0.05, 0) is 54.5 Å². The molecule has 30 heavy (non-hydrogen) atoms. The van der Waals surface area contributed by atoms with E-state index in [2.05, 4.69) is 17.0 Å². The maximum absolute atomic E-state index is 12.7. The van der Waals surface area contributed by atoms with Crippen LogP contribution in [0, 0.1) is 10.1 Å². The Hall–Kier alpha value is -3.59. The standard InChI is InChI=1S/C21H18N4O4S/c1-2-3-12-29-17-10-6-15(7-11-17)19-22-21-24(23-19)20(26)18(30-21)13-14-4-8-16(9-5-14)25(27)28/h4-11,13H,2-3,12H2,1H3. The fourth-order valence-corrected chi connectivity index (χ4v) is 3.74. The Morgan fingerprint density at radius 2 is 1.90 bits per heavy atom. The van der Waals surface area contributed by atoms with Crippen molar-refractivity contribution in [2.75, 3.05) is 6.61 Å². The lowest BCUT2D eigenvalue weighted by Gasteiger charge is -2.05. The topological polar surface area (TPSA) is 99.6 Å². The van der Waals surface area contributed by atoms with Crippen LogP contribution in [0.15, 0.2) is 53.3 Å². The number of thiazole rings is 1. The highest BCUT2D eigenvalue weighted by Crippen LogP contribution is 2.20. The smallest absolute Gasteiger partial charge is 0.291 e. The van der Waals surface area contributed by atoms with Crippen molar-refractivity contribution in [1.82, 2.24) is 14.6 Å². The van der Waals surface area contributed by atoms with E-state index in [-0.39, 0.29) is 11.2 Å². The van der Waals surface area contributed by atoms with Gasteiger partial charge in [-0.15, -0.1) is 5.10 Å². The number of hydrogen-bond acceptors (Lipinski definition) is 7. The summed E-state index contributed by atoms with van der Waals surface area (Å²) in [6.45, 7) is 2.80. The Morgan fingerprint density at radius 3 is 2.53 bits per heavy atom. The predicted octanol–water partition coefficient (Wildman–Crippen LogP) is 3.45. The average molecular weight is 422 g/mol. The van der Waals surface area contributed by atoms with Gasteiger partial charge < -0.3 is 4.74 Å². The second kappa shape index (κ2) is 8.42. The number of nitrogens with zero attached hydrogens (tertiary/aromatic N) is 4. The second-order valence-corrected chi connectivity index (χ2v) is 7.63. The zero-order valence-electron chi connectivity index (χ0n) is 16.1. The van der Waals surface area contributed by atoms with Gasteiger partial charge in [0, 0.05) is 17.7 Å². The number of benzene rings is 2. The zero-order chi connectivity index (χ0) is 21.1. The van der Waals surface area contributed by atoms with Crippen molar-refractivity contribution >= 4 is 28.1 Å². The largest absolute Gasteiger partial charge is 0.494 e. The van der Waals surface area contributed by atoms with Gasteiger partial charge in [-0.1, -0.05) is 24.7 Å². The summed E-state index contributed by atoms with van der Waals surface area (Å²) in [5, 5.41) is 15.1. The van der Waals surface area contributed by atoms with E-state index >= 15 is 0 Å². The molecule has 4 aromatic rings. The Kier molecular flexibility index (Phi) is 5.53. The molecule has 0 amide bonds. The van der Waals surface area contributed by atoms with Crippen LogP contribution in [0.5, 0.6) is 5.75 Å². The molecule has 0 N–H and O–H groups in total. The third-order valence-electron chi connectivity index (χ3n) is 4.46. The number of rotatable bonds is 7. The monoisotopic (exact) mass is 422 g/mol. The molecule has 4 rings (SSSR count). The molecule has 0 aliphatic rings. The van der Waals surface area contributed by atoms with Crippen molar-refractivity contribution in [1.29, 1.82) is 0 Å². The van der Waals surface area contributed by atoms with Gasteiger partial charge in [0.1, 0.15) is 5.75 Å². The maximum atomic E-state index is 12.7. The summed E-state index contributed by atoms with van der Waals surface area (Å²) in [7, 11) is 0. The molecule has 0 saturated heterocycles. The van der Waals surface area contributed by atoms with E-state index in [4.69, 9.17) is 4.74 Å². The quantitative estimate of drug-likeness (QED) is 0.257. The number of nitro groups is 1. The van der Waals surface area contributed by atoms with Crippen LogP contribution in [0.1, 0.15) is 25.3 Å². The number of non-ortho nitro benzene ring substituents is 1. The summed E-state index contributed by atoms with van der Waals surface area (Å²) >= 11 is 1.22. The molecular formula is C21H18N4O4S. The molecule has 0 aliphatic carbocycles. The van der Waals surface area contributed by atoms with Crippen molar-refractivity contribution in [3.05, 3.63) is 79.1 Å². The van der Waals surface area contributed by atoms with Crippen molar-refractivity contribution in [3.8, 4) is 17.1 Å². The first kappa shape index (κ1) is 19.7. The first-order valence-corrected chi connectivity index (χ1v) is 10.3. The minimum Gasteiger partial charge on any atom is -0.494 e. The molecule has 9 heteroatoms. The van der Waals surface area contributed by atoms with E-state index in [1.165, 1.54) is 28.0 Å². The van der Waals surface area contributed by atoms with Gasteiger partial charge in [0.15, 0.2) is 5.82 Å². The first-order valence-electron chi connectivity index (χ1n) is 9.44. The van der Waals surface area contributed by atoms with Gasteiger partial charge in [0.25, 0.3) is 11.2 Å². The van der Waals surface area contributed by atoms with Crippen molar-refractivity contribution in [2.24, 2.45) is 0 Å². The molecule has 0 saturated carbocycles. The number of unbranched alkanes of at least 4 members (excludes halogenated alkanes) is 1. The minimum absolute atomic E-state index is 0.00331. The summed E-state index contributed by atoms with van der Waals surface area (Å²) in [6, 6.07) is 13.5. The number of hydrogen-bond donors (Lipinski definition) is 0. The van der Waals surface area contributed by atoms with Crippen LogP contribution in [0.2, 0.25) is 0 Å². The van der Waals surface area contributed by atoms with Crippen LogP contribution in [-0.2, 0) is 0 Å². The number of aromatic nitrogens is 3. The van der Waals surface area contributed by atoms with Crippen molar-refractivity contribution in [2.45, 2.75) is 19.8 Å². The normalized spacial score (nSPS) is 11.8. The highest BCUT2D eigenvalue weighted by Gasteiger charge is 2.12. The third-order valence-corrected chi connectivity index (χ3v) is 5.42. The van der Waals surface area contributed by atoms with Crippen LogP contribution in [-0.4, -0.2) is 26.1 Å². The molecule has 0 bridgehead atoms. The lowest BCUT2D eigenvalue weighted by Crippen LogP contribution is -2.23. The van der Waals surface area contributed by atoms with E-state index in [1.807, 2.05) is 24.3 Å². The van der Waals surface area contributed by atoms with Gasteiger partial charge in [-0.2, -0.15) is 9.50 Å². The SMILES string of the molecule is CCCCOc1ccc(-c2nc3sc(=Cc4ccc([N+](=O)[O-])cc4)c(=O)n3n2)cc1. The summed E-state index contributed by atoms with van der Waals surface area (Å²) in [6.07, 6.45) is 3.76. The lowest BCUT2D eigenvalue weighted by atomic mass is 10.2. The molecule has 8 nitrogen and oxygen atoms in total. The molecular weight excluding hydrogens is 404 g/mol. The first-order chi connectivity index (χ1) is 14.5. The molecule has 0 aliphatic heterocycles. The average Bonchev–Trinajstić information content (AvgIpc) is 3.29. The van der Waals surface area contributed by atoms with E-state index in [1.54, 1.807) is 18.2 Å². The Morgan fingerprint density at radius 1 is 1.17 bits per heavy atom. The maximum Gasteiger partial charge on any atom is 0.291 e. The van der Waals surface area contributed by atoms with Gasteiger partial charge in [0.2, 0.25) is 4.96 Å². The second-order valence-electron chi connectivity index (χ2n) is 6.62.